The van der Waals surface area contributed by atoms with Crippen molar-refractivity contribution in [3.8, 4) is 11.3 Å². The van der Waals surface area contributed by atoms with E-state index in [-0.39, 0.29) is 11.8 Å². The molecule has 0 amide bonds. The van der Waals surface area contributed by atoms with E-state index < -0.39 is 4.92 Å². The van der Waals surface area contributed by atoms with Crippen LogP contribution in [0, 0.1) is 10.1 Å². The number of hydrogen-bond donors (Lipinski definition) is 2. The van der Waals surface area contributed by atoms with Crippen molar-refractivity contribution >= 4 is 5.69 Å². The van der Waals surface area contributed by atoms with Gasteiger partial charge in [-0.15, -0.1) is 0 Å². The molecule has 1 atom stereocenters. The predicted molar refractivity (Wildman–Crippen MR) is 83.3 cm³/mol. The Morgan fingerprint density at radius 2 is 2.09 bits per heavy atom. The van der Waals surface area contributed by atoms with Crippen LogP contribution in [0.3, 0.4) is 0 Å². The number of nitro groups is 1. The third-order valence-corrected chi connectivity index (χ3v) is 3.31. The van der Waals surface area contributed by atoms with Gasteiger partial charge in [-0.2, -0.15) is 5.10 Å². The molecule has 7 heteroatoms. The van der Waals surface area contributed by atoms with Crippen molar-refractivity contribution in [1.82, 2.24) is 15.1 Å². The number of benzene rings is 1. The Balaban J connectivity index is 2.11. The number of aliphatic hydroxyl groups is 1. The van der Waals surface area contributed by atoms with Gasteiger partial charge in [-0.05, 0) is 32.0 Å². The van der Waals surface area contributed by atoms with Gasteiger partial charge in [0, 0.05) is 43.0 Å². The highest BCUT2D eigenvalue weighted by atomic mass is 16.6. The molecule has 0 radical (unpaired) electrons. The van der Waals surface area contributed by atoms with Crippen molar-refractivity contribution in [3.63, 3.8) is 0 Å². The summed E-state index contributed by atoms with van der Waals surface area (Å²) in [6.45, 7) is 3.10. The molecule has 7 nitrogen and oxygen atoms in total. The standard InChI is InChI=1S/C15H20N4O3/c1-11(20)7-8-16-9-13-10-18(2)17-15(13)12-3-5-14(6-4-12)19(21)22/h3-6,10-11,16,20H,7-9H2,1-2H3. The summed E-state index contributed by atoms with van der Waals surface area (Å²) >= 11 is 0. The van der Waals surface area contributed by atoms with Gasteiger partial charge in [0.15, 0.2) is 0 Å². The highest BCUT2D eigenvalue weighted by molar-refractivity contribution is 5.64. The summed E-state index contributed by atoms with van der Waals surface area (Å²) in [6, 6.07) is 6.38. The van der Waals surface area contributed by atoms with Gasteiger partial charge < -0.3 is 10.4 Å². The second kappa shape index (κ2) is 7.15. The summed E-state index contributed by atoms with van der Waals surface area (Å²) < 4.78 is 1.72. The first-order valence-corrected chi connectivity index (χ1v) is 7.13. The summed E-state index contributed by atoms with van der Waals surface area (Å²) in [5, 5.41) is 27.6. The van der Waals surface area contributed by atoms with Gasteiger partial charge in [0.1, 0.15) is 0 Å². The molecule has 1 aromatic carbocycles. The lowest BCUT2D eigenvalue weighted by atomic mass is 10.1. The number of nitro benzene ring substituents is 1. The number of aromatic nitrogens is 2. The molecule has 2 N–H and O–H groups in total. The van der Waals surface area contributed by atoms with Crippen LogP contribution >= 0.6 is 0 Å². The number of hydrogen-bond acceptors (Lipinski definition) is 5. The quantitative estimate of drug-likeness (QED) is 0.462. The molecule has 0 aliphatic heterocycles. The van der Waals surface area contributed by atoms with Crippen molar-refractivity contribution in [2.24, 2.45) is 7.05 Å². The average Bonchev–Trinajstić information content (AvgIpc) is 2.84. The van der Waals surface area contributed by atoms with E-state index in [0.717, 1.165) is 16.8 Å². The number of non-ortho nitro benzene ring substituents is 1. The first kappa shape index (κ1) is 16.1. The zero-order valence-electron chi connectivity index (χ0n) is 12.7. The van der Waals surface area contributed by atoms with Gasteiger partial charge in [0.25, 0.3) is 5.69 Å². The molecule has 1 aromatic heterocycles. The Bertz CT molecular complexity index is 635. The van der Waals surface area contributed by atoms with Gasteiger partial charge in [-0.25, -0.2) is 0 Å². The molecule has 0 fully saturated rings. The van der Waals surface area contributed by atoms with Gasteiger partial charge in [-0.1, -0.05) is 0 Å². The van der Waals surface area contributed by atoms with E-state index in [9.17, 15) is 15.2 Å². The van der Waals surface area contributed by atoms with E-state index >= 15 is 0 Å². The molecule has 0 saturated carbocycles. The minimum absolute atomic E-state index is 0.0660. The minimum Gasteiger partial charge on any atom is -0.393 e. The normalized spacial score (nSPS) is 12.3. The molecule has 22 heavy (non-hydrogen) atoms. The molecule has 0 aliphatic carbocycles. The Kier molecular flexibility index (Phi) is 5.24. The van der Waals surface area contributed by atoms with Gasteiger partial charge in [-0.3, -0.25) is 14.8 Å². The average molecular weight is 304 g/mol. The van der Waals surface area contributed by atoms with E-state index in [1.165, 1.54) is 12.1 Å². The van der Waals surface area contributed by atoms with E-state index in [1.807, 2.05) is 13.2 Å². The largest absolute Gasteiger partial charge is 0.393 e. The van der Waals surface area contributed by atoms with Crippen LogP contribution in [0.5, 0.6) is 0 Å². The smallest absolute Gasteiger partial charge is 0.269 e. The van der Waals surface area contributed by atoms with Crippen LogP contribution in [0.25, 0.3) is 11.3 Å². The van der Waals surface area contributed by atoms with E-state index in [2.05, 4.69) is 10.4 Å². The lowest BCUT2D eigenvalue weighted by Crippen LogP contribution is -2.18. The van der Waals surface area contributed by atoms with E-state index in [4.69, 9.17) is 0 Å². The molecule has 0 aliphatic rings. The maximum atomic E-state index is 10.7. The molecule has 1 unspecified atom stereocenters. The Hall–Kier alpha value is -2.25. The molecule has 2 aromatic rings. The monoisotopic (exact) mass is 304 g/mol. The first-order valence-electron chi connectivity index (χ1n) is 7.13. The lowest BCUT2D eigenvalue weighted by Gasteiger charge is -2.06. The fraction of sp³-hybridized carbons (Fsp3) is 0.400. The van der Waals surface area contributed by atoms with Crippen LogP contribution in [0.4, 0.5) is 5.69 Å². The number of nitrogens with one attached hydrogen (secondary N) is 1. The van der Waals surface area contributed by atoms with Gasteiger partial charge >= 0.3 is 0 Å². The highest BCUT2D eigenvalue weighted by Gasteiger charge is 2.12. The number of rotatable bonds is 7. The summed E-state index contributed by atoms with van der Waals surface area (Å²) in [7, 11) is 1.84. The van der Waals surface area contributed by atoms with Crippen molar-refractivity contribution in [2.45, 2.75) is 26.0 Å². The van der Waals surface area contributed by atoms with Crippen LogP contribution in [-0.2, 0) is 13.6 Å². The van der Waals surface area contributed by atoms with E-state index in [0.29, 0.717) is 19.5 Å². The minimum atomic E-state index is -0.416. The molecular formula is C15H20N4O3. The SMILES string of the molecule is CC(O)CCNCc1cn(C)nc1-c1ccc([N+](=O)[O-])cc1. The molecule has 2 rings (SSSR count). The molecule has 0 bridgehead atoms. The molecule has 0 saturated heterocycles. The third-order valence-electron chi connectivity index (χ3n) is 3.31. The number of aliphatic hydroxyl groups excluding tert-OH is 1. The van der Waals surface area contributed by atoms with Gasteiger partial charge in [0.05, 0.1) is 16.7 Å². The van der Waals surface area contributed by atoms with Crippen LogP contribution < -0.4 is 5.32 Å². The van der Waals surface area contributed by atoms with Crippen LogP contribution in [0.15, 0.2) is 30.5 Å². The summed E-state index contributed by atoms with van der Waals surface area (Å²) in [4.78, 5) is 10.3. The summed E-state index contributed by atoms with van der Waals surface area (Å²) in [6.07, 6.45) is 2.29. The first-order chi connectivity index (χ1) is 10.5. The molecule has 118 valence electrons. The molecule has 1 heterocycles. The highest BCUT2D eigenvalue weighted by Crippen LogP contribution is 2.24. The third kappa shape index (κ3) is 4.12. The Labute approximate surface area is 128 Å². The van der Waals surface area contributed by atoms with Crippen molar-refractivity contribution in [1.29, 1.82) is 0 Å². The zero-order valence-corrected chi connectivity index (χ0v) is 12.7. The van der Waals surface area contributed by atoms with Crippen molar-refractivity contribution in [2.75, 3.05) is 6.54 Å². The fourth-order valence-electron chi connectivity index (χ4n) is 2.19. The van der Waals surface area contributed by atoms with Crippen molar-refractivity contribution < 1.29 is 10.0 Å². The zero-order chi connectivity index (χ0) is 16.1. The van der Waals surface area contributed by atoms with Crippen molar-refractivity contribution in [3.05, 3.63) is 46.1 Å². The predicted octanol–water partition coefficient (Wildman–Crippen LogP) is 1.86. The topological polar surface area (TPSA) is 93.2 Å². The van der Waals surface area contributed by atoms with Crippen LogP contribution in [0.1, 0.15) is 18.9 Å². The molecule has 0 spiro atoms. The van der Waals surface area contributed by atoms with E-state index in [1.54, 1.807) is 23.7 Å². The second-order valence-corrected chi connectivity index (χ2v) is 5.30. The lowest BCUT2D eigenvalue weighted by molar-refractivity contribution is -0.384. The maximum absolute atomic E-state index is 10.7. The number of nitrogens with zero attached hydrogens (tertiary/aromatic N) is 3. The second-order valence-electron chi connectivity index (χ2n) is 5.30. The number of aryl methyl sites for hydroxylation is 1. The van der Waals surface area contributed by atoms with Crippen LogP contribution in [-0.4, -0.2) is 32.5 Å². The fourth-order valence-corrected chi connectivity index (χ4v) is 2.19. The van der Waals surface area contributed by atoms with Crippen LogP contribution in [0.2, 0.25) is 0 Å². The van der Waals surface area contributed by atoms with Gasteiger partial charge in [0.2, 0.25) is 0 Å². The Morgan fingerprint density at radius 3 is 2.68 bits per heavy atom. The maximum Gasteiger partial charge on any atom is 0.269 e. The summed E-state index contributed by atoms with van der Waals surface area (Å²) in [5.41, 5.74) is 2.73. The summed E-state index contributed by atoms with van der Waals surface area (Å²) in [5.74, 6) is 0. The Morgan fingerprint density at radius 1 is 1.41 bits per heavy atom. The molecular weight excluding hydrogens is 284 g/mol.